The van der Waals surface area contributed by atoms with Gasteiger partial charge in [-0.1, -0.05) is 23.2 Å². The second kappa shape index (κ2) is 6.58. The lowest BCUT2D eigenvalue weighted by molar-refractivity contribution is -0.135. The van der Waals surface area contributed by atoms with Crippen LogP contribution in [0.4, 0.5) is 0 Å². The number of carboxylic acids is 1. The van der Waals surface area contributed by atoms with Crippen LogP contribution in [0.3, 0.4) is 0 Å². The Morgan fingerprint density at radius 3 is 2.75 bits per heavy atom. The van der Waals surface area contributed by atoms with Crippen LogP contribution in [0.15, 0.2) is 18.2 Å². The highest BCUT2D eigenvalue weighted by Gasteiger charge is 2.00. The van der Waals surface area contributed by atoms with Gasteiger partial charge in [-0.2, -0.15) is 0 Å². The molecule has 0 radical (unpaired) electrons. The molecule has 0 atom stereocenters. The average molecular weight is 264 g/mol. The Morgan fingerprint density at radius 2 is 2.12 bits per heavy atom. The van der Waals surface area contributed by atoms with Crippen LogP contribution in [-0.2, 0) is 4.79 Å². The van der Waals surface area contributed by atoms with Crippen LogP contribution in [0.25, 0.3) is 0 Å². The van der Waals surface area contributed by atoms with Gasteiger partial charge in [0.2, 0.25) is 0 Å². The molecule has 4 nitrogen and oxygen atoms in total. The van der Waals surface area contributed by atoms with Gasteiger partial charge in [-0.15, -0.1) is 0 Å². The summed E-state index contributed by atoms with van der Waals surface area (Å²) < 4.78 is 5.33. The number of halogens is 2. The molecule has 1 aromatic rings. The van der Waals surface area contributed by atoms with E-state index < -0.39 is 5.97 Å². The minimum Gasteiger partial charge on any atom is -0.492 e. The molecule has 0 heterocycles. The van der Waals surface area contributed by atoms with Gasteiger partial charge in [0.15, 0.2) is 0 Å². The maximum atomic E-state index is 10.2. The number of carbonyl (C=O) groups is 1. The first-order valence-electron chi connectivity index (χ1n) is 4.60. The minimum absolute atomic E-state index is 0.0786. The number of benzene rings is 1. The van der Waals surface area contributed by atoms with Crippen LogP contribution < -0.4 is 10.1 Å². The van der Waals surface area contributed by atoms with Gasteiger partial charge in [-0.05, 0) is 12.1 Å². The fourth-order valence-corrected chi connectivity index (χ4v) is 1.29. The van der Waals surface area contributed by atoms with E-state index in [-0.39, 0.29) is 6.54 Å². The second-order valence-corrected chi connectivity index (χ2v) is 3.81. The van der Waals surface area contributed by atoms with Crippen LogP contribution in [0, 0.1) is 0 Å². The van der Waals surface area contributed by atoms with Gasteiger partial charge < -0.3 is 15.2 Å². The fourth-order valence-electron chi connectivity index (χ4n) is 1.00. The van der Waals surface area contributed by atoms with Crippen molar-refractivity contribution in [3.05, 3.63) is 28.2 Å². The van der Waals surface area contributed by atoms with Crippen LogP contribution in [0.1, 0.15) is 0 Å². The van der Waals surface area contributed by atoms with E-state index in [0.717, 1.165) is 0 Å². The Labute approximate surface area is 103 Å². The van der Waals surface area contributed by atoms with Crippen molar-refractivity contribution in [2.24, 2.45) is 0 Å². The maximum Gasteiger partial charge on any atom is 0.317 e. The molecule has 88 valence electrons. The molecule has 0 spiro atoms. The molecular formula is C10H11Cl2NO3. The van der Waals surface area contributed by atoms with Gasteiger partial charge in [0.1, 0.15) is 12.4 Å². The molecule has 2 N–H and O–H groups in total. The molecule has 16 heavy (non-hydrogen) atoms. The lowest BCUT2D eigenvalue weighted by Gasteiger charge is -2.07. The topological polar surface area (TPSA) is 58.6 Å². The Kier molecular flexibility index (Phi) is 5.38. The standard InChI is InChI=1S/C10H11Cl2NO3/c11-8-2-1-7(5-9(8)12)16-4-3-13-6-10(14)15/h1-2,5,13H,3-4,6H2,(H,14,15). The first-order chi connectivity index (χ1) is 7.59. The number of aliphatic carboxylic acids is 1. The lowest BCUT2D eigenvalue weighted by Crippen LogP contribution is -2.26. The third kappa shape index (κ3) is 4.70. The highest BCUT2D eigenvalue weighted by Crippen LogP contribution is 2.26. The first-order valence-corrected chi connectivity index (χ1v) is 5.35. The van der Waals surface area contributed by atoms with E-state index in [0.29, 0.717) is 28.9 Å². The van der Waals surface area contributed by atoms with E-state index in [1.807, 2.05) is 0 Å². The van der Waals surface area contributed by atoms with Crippen molar-refractivity contribution in [2.45, 2.75) is 0 Å². The van der Waals surface area contributed by atoms with Gasteiger partial charge in [-0.3, -0.25) is 4.79 Å². The maximum absolute atomic E-state index is 10.2. The molecule has 1 rings (SSSR count). The number of rotatable bonds is 6. The summed E-state index contributed by atoms with van der Waals surface area (Å²) in [7, 11) is 0. The summed E-state index contributed by atoms with van der Waals surface area (Å²) in [5.41, 5.74) is 0. The molecule has 0 aliphatic heterocycles. The molecule has 0 fully saturated rings. The molecule has 0 saturated heterocycles. The van der Waals surface area contributed by atoms with Crippen LogP contribution in [-0.4, -0.2) is 30.8 Å². The third-order valence-electron chi connectivity index (χ3n) is 1.71. The second-order valence-electron chi connectivity index (χ2n) is 2.99. The molecule has 0 saturated carbocycles. The normalized spacial score (nSPS) is 10.1. The summed E-state index contributed by atoms with van der Waals surface area (Å²) in [6.45, 7) is 0.739. The zero-order valence-electron chi connectivity index (χ0n) is 8.37. The number of ether oxygens (including phenoxy) is 1. The lowest BCUT2D eigenvalue weighted by atomic mass is 10.3. The Bertz CT molecular complexity index is 371. The monoisotopic (exact) mass is 263 g/mol. The molecule has 6 heteroatoms. The van der Waals surface area contributed by atoms with Crippen LogP contribution in [0.2, 0.25) is 10.0 Å². The van der Waals surface area contributed by atoms with Crippen LogP contribution >= 0.6 is 23.2 Å². The fraction of sp³-hybridized carbons (Fsp3) is 0.300. The van der Waals surface area contributed by atoms with Crippen molar-refractivity contribution in [2.75, 3.05) is 19.7 Å². The zero-order valence-corrected chi connectivity index (χ0v) is 9.88. The van der Waals surface area contributed by atoms with Crippen LogP contribution in [0.5, 0.6) is 5.75 Å². The van der Waals surface area contributed by atoms with Crippen molar-refractivity contribution in [1.29, 1.82) is 0 Å². The predicted octanol–water partition coefficient (Wildman–Crippen LogP) is 2.05. The summed E-state index contributed by atoms with van der Waals surface area (Å²) in [6.07, 6.45) is 0. The first kappa shape index (κ1) is 13.1. The quantitative estimate of drug-likeness (QED) is 0.772. The summed E-state index contributed by atoms with van der Waals surface area (Å²) in [5, 5.41) is 12.0. The van der Waals surface area contributed by atoms with Crippen molar-refractivity contribution in [3.63, 3.8) is 0 Å². The Hall–Kier alpha value is -0.970. The highest BCUT2D eigenvalue weighted by atomic mass is 35.5. The van der Waals surface area contributed by atoms with Crippen molar-refractivity contribution < 1.29 is 14.6 Å². The zero-order chi connectivity index (χ0) is 12.0. The van der Waals surface area contributed by atoms with E-state index in [1.165, 1.54) is 0 Å². The molecule has 0 aliphatic rings. The van der Waals surface area contributed by atoms with Gasteiger partial charge >= 0.3 is 5.97 Å². The van der Waals surface area contributed by atoms with Crippen molar-refractivity contribution in [3.8, 4) is 5.75 Å². The number of hydrogen-bond acceptors (Lipinski definition) is 3. The summed E-state index contributed by atoms with van der Waals surface area (Å²) in [4.78, 5) is 10.2. The summed E-state index contributed by atoms with van der Waals surface area (Å²) >= 11 is 11.5. The van der Waals surface area contributed by atoms with E-state index in [1.54, 1.807) is 18.2 Å². The largest absolute Gasteiger partial charge is 0.492 e. The molecular weight excluding hydrogens is 253 g/mol. The van der Waals surface area contributed by atoms with E-state index >= 15 is 0 Å². The van der Waals surface area contributed by atoms with E-state index in [2.05, 4.69) is 5.32 Å². The smallest absolute Gasteiger partial charge is 0.317 e. The molecule has 0 aromatic heterocycles. The molecule has 0 aliphatic carbocycles. The Morgan fingerprint density at radius 1 is 1.38 bits per heavy atom. The van der Waals surface area contributed by atoms with Gasteiger partial charge in [0.25, 0.3) is 0 Å². The number of carboxylic acid groups (broad SMARTS) is 1. The van der Waals surface area contributed by atoms with E-state index in [9.17, 15) is 4.79 Å². The molecule has 0 unspecified atom stereocenters. The van der Waals surface area contributed by atoms with E-state index in [4.69, 9.17) is 33.0 Å². The molecule has 1 aromatic carbocycles. The summed E-state index contributed by atoms with van der Waals surface area (Å²) in [6, 6.07) is 4.95. The summed E-state index contributed by atoms with van der Waals surface area (Å²) in [5.74, 6) is -0.291. The van der Waals surface area contributed by atoms with Gasteiger partial charge in [0.05, 0.1) is 16.6 Å². The third-order valence-corrected chi connectivity index (χ3v) is 2.45. The van der Waals surface area contributed by atoms with Gasteiger partial charge in [-0.25, -0.2) is 0 Å². The number of nitrogens with one attached hydrogen (secondary N) is 1. The predicted molar refractivity (Wildman–Crippen MR) is 62.5 cm³/mol. The molecule has 0 amide bonds. The molecule has 0 bridgehead atoms. The average Bonchev–Trinajstić information content (AvgIpc) is 2.22. The SMILES string of the molecule is O=C(O)CNCCOc1ccc(Cl)c(Cl)c1. The number of hydrogen-bond donors (Lipinski definition) is 2. The van der Waals surface area contributed by atoms with Crippen molar-refractivity contribution in [1.82, 2.24) is 5.32 Å². The van der Waals surface area contributed by atoms with Gasteiger partial charge in [0, 0.05) is 12.6 Å². The Balaban J connectivity index is 2.27. The highest BCUT2D eigenvalue weighted by molar-refractivity contribution is 6.42. The minimum atomic E-state index is -0.894. The van der Waals surface area contributed by atoms with Crippen molar-refractivity contribution >= 4 is 29.2 Å².